The van der Waals surface area contributed by atoms with Gasteiger partial charge in [-0.2, -0.15) is 0 Å². The number of carbonyl (C=O) groups excluding carboxylic acids is 7. The second-order valence-electron chi connectivity index (χ2n) is 19.6. The summed E-state index contributed by atoms with van der Waals surface area (Å²) < 4.78 is 10.8. The summed E-state index contributed by atoms with van der Waals surface area (Å²) in [5, 5.41) is 89.9. The highest BCUT2D eigenvalue weighted by Gasteiger charge is 2.49. The van der Waals surface area contributed by atoms with E-state index in [2.05, 4.69) is 26.6 Å². The number of fused-ring (bicyclic) bond motifs is 5. The summed E-state index contributed by atoms with van der Waals surface area (Å²) in [6.07, 6.45) is -12.5. The van der Waals surface area contributed by atoms with Gasteiger partial charge in [-0.15, -0.1) is 0 Å². The molecular formula is C51H66N8O16. The van der Waals surface area contributed by atoms with Crippen LogP contribution >= 0.6 is 0 Å². The van der Waals surface area contributed by atoms with Crippen molar-refractivity contribution in [3.63, 3.8) is 0 Å². The Morgan fingerprint density at radius 1 is 0.773 bits per heavy atom. The predicted molar refractivity (Wildman–Crippen MR) is 264 cm³/mol. The number of methoxy groups -OCH3 is 1. The molecule has 406 valence electrons. The highest BCUT2D eigenvalue weighted by atomic mass is 16.5. The maximum atomic E-state index is 14.9. The molecule has 7 rings (SSSR count). The Morgan fingerprint density at radius 3 is 2.05 bits per heavy atom. The van der Waals surface area contributed by atoms with Crippen molar-refractivity contribution in [2.75, 3.05) is 39.9 Å². The van der Waals surface area contributed by atoms with E-state index < -0.39 is 159 Å². The van der Waals surface area contributed by atoms with Crippen molar-refractivity contribution in [2.45, 2.75) is 118 Å². The van der Waals surface area contributed by atoms with Crippen LogP contribution < -0.4 is 37.1 Å². The molecule has 3 fully saturated rings. The summed E-state index contributed by atoms with van der Waals surface area (Å²) in [4.78, 5) is 100. The van der Waals surface area contributed by atoms with Crippen LogP contribution in [0, 0.1) is 5.92 Å². The number of aliphatic hydroxyl groups is 6. The Bertz CT molecular complexity index is 2560. The molecule has 4 aliphatic rings. The number of alkyl carbamates (subject to hydrolysis) is 1. The summed E-state index contributed by atoms with van der Waals surface area (Å²) in [5.74, 6) is -7.89. The zero-order valence-electron chi connectivity index (χ0n) is 41.6. The fourth-order valence-electron chi connectivity index (χ4n) is 10.2. The Balaban J connectivity index is 1.19. The summed E-state index contributed by atoms with van der Waals surface area (Å²) >= 11 is 0. The molecule has 24 nitrogen and oxygen atoms in total. The highest BCUT2D eigenvalue weighted by Crippen LogP contribution is 2.44. The molecule has 0 aromatic heterocycles. The SMILES string of the molecule is COc1cc(C[C@@H](O)[C@@H]2NC(=O)[C@@H]3C[C@@H](O)CN3C(=O)[C@H]([C@@H](C)O)NC(=O)C(N)C[C@@H](O)CNC(=O)[C@@H]3[C@@H](O)[C@@H](C)CN3C(=O)[C@H]([C@H](O)CCNC(=O)OCC3c4ccccc4-c4ccccc43)NC2=O)ccc1O. The van der Waals surface area contributed by atoms with Gasteiger partial charge in [0.1, 0.15) is 36.8 Å². The first-order valence-electron chi connectivity index (χ1n) is 24.8. The number of nitrogens with two attached hydrogens (primary N) is 1. The van der Waals surface area contributed by atoms with Crippen molar-refractivity contribution in [1.82, 2.24) is 36.4 Å². The monoisotopic (exact) mass is 1050 g/mol. The summed E-state index contributed by atoms with van der Waals surface area (Å²) in [7, 11) is 1.28. The maximum absolute atomic E-state index is 14.9. The number of β-amino-alcohol motifs (C(OH)–C–C–N with tert-alkyl or cyclic N) is 1. The lowest BCUT2D eigenvalue weighted by atomic mass is 9.98. The van der Waals surface area contributed by atoms with E-state index in [0.29, 0.717) is 0 Å². The van der Waals surface area contributed by atoms with Gasteiger partial charge in [0.15, 0.2) is 11.5 Å². The van der Waals surface area contributed by atoms with Crippen molar-refractivity contribution in [2.24, 2.45) is 11.7 Å². The fourth-order valence-corrected chi connectivity index (χ4v) is 10.2. The molecule has 13 atom stereocenters. The Labute approximate surface area is 431 Å². The maximum Gasteiger partial charge on any atom is 0.407 e. The number of amides is 7. The van der Waals surface area contributed by atoms with Crippen LogP contribution in [0.5, 0.6) is 11.5 Å². The Kier molecular flexibility index (Phi) is 18.0. The predicted octanol–water partition coefficient (Wildman–Crippen LogP) is -3.19. The zero-order valence-corrected chi connectivity index (χ0v) is 41.6. The standard InChI is InChI=1S/C51H66N8O16/c1-24-21-59-43(44(24)66)48(70)54-20-27(61)18-34(52)45(67)55-40(25(2)60)49(71)58-22-28(62)19-35(58)46(68)56-41(38(65)16-26-12-13-36(63)39(17-26)74-3)47(69)57-42(50(59)72)37(64)14-15-53-51(73)75-23-33-31-10-6-4-8-29(31)30-9-5-7-11-32(30)33/h4-13,17,24-25,27-28,33-35,37-38,40-44,60-66H,14-16,18-23,52H2,1-3H3,(H,53,73)(H,54,70)(H,55,67)(H,56,68)(H,57,69)/t24-,25+,27+,28+,34?,35-,37+,38+,40-,41-,42-,43-,44-/m0/s1. The van der Waals surface area contributed by atoms with E-state index in [1.807, 2.05) is 48.5 Å². The van der Waals surface area contributed by atoms with E-state index in [1.54, 1.807) is 0 Å². The number of phenolic OH excluding ortho intramolecular Hbond substituents is 1. The van der Waals surface area contributed by atoms with Gasteiger partial charge in [-0.3, -0.25) is 28.8 Å². The number of carbonyl (C=O) groups is 7. The first kappa shape index (κ1) is 55.8. The van der Waals surface area contributed by atoms with Crippen LogP contribution in [0.3, 0.4) is 0 Å². The van der Waals surface area contributed by atoms with Crippen molar-refractivity contribution in [3.05, 3.63) is 83.4 Å². The van der Waals surface area contributed by atoms with Gasteiger partial charge in [0.05, 0.1) is 49.8 Å². The summed E-state index contributed by atoms with van der Waals surface area (Å²) in [6.45, 7) is 0.971. The zero-order chi connectivity index (χ0) is 54.4. The van der Waals surface area contributed by atoms with E-state index in [4.69, 9.17) is 15.2 Å². The lowest BCUT2D eigenvalue weighted by Crippen LogP contribution is -2.64. The molecule has 0 radical (unpaired) electrons. The molecule has 7 amide bonds. The minimum Gasteiger partial charge on any atom is -0.504 e. The van der Waals surface area contributed by atoms with Crippen molar-refractivity contribution in [3.8, 4) is 22.6 Å². The van der Waals surface area contributed by atoms with Crippen molar-refractivity contribution >= 4 is 41.5 Å². The number of phenols is 1. The van der Waals surface area contributed by atoms with E-state index in [0.717, 1.165) is 32.1 Å². The lowest BCUT2D eigenvalue weighted by Gasteiger charge is -2.34. The van der Waals surface area contributed by atoms with E-state index in [9.17, 15) is 69.3 Å². The molecule has 1 aliphatic carbocycles. The molecule has 3 aromatic carbocycles. The van der Waals surface area contributed by atoms with E-state index in [1.165, 1.54) is 39.2 Å². The molecule has 0 bridgehead atoms. The molecule has 3 aromatic rings. The summed E-state index contributed by atoms with van der Waals surface area (Å²) in [6, 6.07) is 8.79. The molecule has 75 heavy (non-hydrogen) atoms. The van der Waals surface area contributed by atoms with Crippen LogP contribution in [0.1, 0.15) is 55.7 Å². The molecule has 1 unspecified atom stereocenters. The number of ether oxygens (including phenoxy) is 2. The topological polar surface area (TPSA) is 372 Å². The smallest absolute Gasteiger partial charge is 0.407 e. The third-order valence-corrected chi connectivity index (χ3v) is 14.2. The number of hydrogen-bond acceptors (Lipinski definition) is 17. The van der Waals surface area contributed by atoms with Gasteiger partial charge in [0.25, 0.3) is 0 Å². The minimum atomic E-state index is -2.04. The third kappa shape index (κ3) is 12.6. The number of nitrogens with zero attached hydrogens (tertiary/aromatic N) is 2. The normalized spacial score (nSPS) is 28.2. The summed E-state index contributed by atoms with van der Waals surface area (Å²) in [5.41, 5.74) is 10.3. The van der Waals surface area contributed by atoms with Gasteiger partial charge >= 0.3 is 6.09 Å². The Morgan fingerprint density at radius 2 is 1.40 bits per heavy atom. The Hall–Kier alpha value is -6.93. The highest BCUT2D eigenvalue weighted by molar-refractivity contribution is 5.98. The quantitative estimate of drug-likeness (QED) is 0.0900. The van der Waals surface area contributed by atoms with Gasteiger partial charge in [-0.25, -0.2) is 4.79 Å². The lowest BCUT2D eigenvalue weighted by molar-refractivity contribution is -0.147. The number of aliphatic hydroxyl groups excluding tert-OH is 6. The molecule has 0 spiro atoms. The molecule has 0 saturated carbocycles. The van der Waals surface area contributed by atoms with Crippen LogP contribution in [-0.4, -0.2) is 200 Å². The van der Waals surface area contributed by atoms with Gasteiger partial charge in [-0.05, 0) is 59.7 Å². The molecule has 14 N–H and O–H groups in total. The van der Waals surface area contributed by atoms with Crippen LogP contribution in [0.4, 0.5) is 4.79 Å². The number of rotatable bonds is 11. The van der Waals surface area contributed by atoms with Gasteiger partial charge < -0.3 is 87.3 Å². The number of hydrogen-bond donors (Lipinski definition) is 13. The molecular weight excluding hydrogens is 981 g/mol. The molecule has 24 heteroatoms. The first-order chi connectivity index (χ1) is 35.7. The van der Waals surface area contributed by atoms with Crippen LogP contribution in [0.25, 0.3) is 11.1 Å². The largest absolute Gasteiger partial charge is 0.504 e. The fraction of sp³-hybridized carbons (Fsp3) is 0.510. The molecule has 3 heterocycles. The molecule has 3 aliphatic heterocycles. The first-order valence-corrected chi connectivity index (χ1v) is 24.8. The van der Waals surface area contributed by atoms with E-state index >= 15 is 0 Å². The van der Waals surface area contributed by atoms with Gasteiger partial charge in [0.2, 0.25) is 35.4 Å². The van der Waals surface area contributed by atoms with Crippen LogP contribution in [0.15, 0.2) is 66.7 Å². The van der Waals surface area contributed by atoms with E-state index in [-0.39, 0.29) is 42.7 Å². The number of aromatic hydroxyl groups is 1. The van der Waals surface area contributed by atoms with Crippen molar-refractivity contribution in [1.29, 1.82) is 0 Å². The van der Waals surface area contributed by atoms with Crippen LogP contribution in [-0.2, 0) is 39.9 Å². The minimum absolute atomic E-state index is 0.00878. The second kappa shape index (κ2) is 24.2. The van der Waals surface area contributed by atoms with Gasteiger partial charge in [0, 0.05) is 50.9 Å². The number of benzene rings is 3. The second-order valence-corrected chi connectivity index (χ2v) is 19.6. The van der Waals surface area contributed by atoms with Gasteiger partial charge in [-0.1, -0.05) is 61.5 Å². The van der Waals surface area contributed by atoms with Crippen molar-refractivity contribution < 1.29 is 78.8 Å². The number of nitrogens with one attached hydrogen (secondary N) is 5. The average molecular weight is 1050 g/mol. The van der Waals surface area contributed by atoms with Crippen LogP contribution in [0.2, 0.25) is 0 Å². The third-order valence-electron chi connectivity index (χ3n) is 14.2. The molecule has 3 saturated heterocycles. The average Bonchev–Trinajstić information content (AvgIpc) is 4.04.